The fourth-order valence-electron chi connectivity index (χ4n) is 2.23. The summed E-state index contributed by atoms with van der Waals surface area (Å²) in [6, 6.07) is 8.78. The molecule has 0 heterocycles. The van der Waals surface area contributed by atoms with Crippen LogP contribution in [-0.2, 0) is 25.5 Å². The van der Waals surface area contributed by atoms with Crippen molar-refractivity contribution in [2.24, 2.45) is 0 Å². The summed E-state index contributed by atoms with van der Waals surface area (Å²) in [5.74, 6) is -1.03. The van der Waals surface area contributed by atoms with E-state index < -0.39 is 18.0 Å². The summed E-state index contributed by atoms with van der Waals surface area (Å²) >= 11 is 0. The fraction of sp³-hybridized carbons (Fsp3) is 0.450. The first kappa shape index (κ1) is 21.2. The van der Waals surface area contributed by atoms with Crippen LogP contribution < -0.4 is 5.32 Å². The number of carbonyl (C=O) groups excluding carboxylic acids is 2. The van der Waals surface area contributed by atoms with Gasteiger partial charge in [0.2, 0.25) is 6.04 Å². The van der Waals surface area contributed by atoms with Crippen molar-refractivity contribution in [1.82, 2.24) is 5.32 Å². The van der Waals surface area contributed by atoms with Crippen molar-refractivity contribution >= 4 is 11.9 Å². The van der Waals surface area contributed by atoms with Gasteiger partial charge in [0.15, 0.2) is 0 Å². The molecule has 0 bridgehead atoms. The van der Waals surface area contributed by atoms with E-state index in [1.54, 1.807) is 13.8 Å². The Bertz CT molecular complexity index is 654. The van der Waals surface area contributed by atoms with Gasteiger partial charge in [-0.25, -0.2) is 9.59 Å². The molecule has 0 fully saturated rings. The molecule has 1 aromatic rings. The highest BCUT2D eigenvalue weighted by Crippen LogP contribution is 2.16. The zero-order chi connectivity index (χ0) is 19.5. The van der Waals surface area contributed by atoms with Crippen LogP contribution in [0, 0.1) is 11.3 Å². The van der Waals surface area contributed by atoms with Crippen LogP contribution in [0.4, 0.5) is 0 Å². The molecule has 1 aromatic carbocycles. The molecule has 0 aliphatic heterocycles. The lowest BCUT2D eigenvalue weighted by Gasteiger charge is -2.14. The fourth-order valence-corrected chi connectivity index (χ4v) is 2.23. The maximum atomic E-state index is 11.9. The second-order valence-electron chi connectivity index (χ2n) is 5.96. The molecular weight excluding hydrogens is 332 g/mol. The Hall–Kier alpha value is -2.81. The molecule has 0 saturated heterocycles. The Morgan fingerprint density at radius 1 is 1.12 bits per heavy atom. The Balaban J connectivity index is 2.86. The first-order valence-electron chi connectivity index (χ1n) is 8.70. The van der Waals surface area contributed by atoms with Gasteiger partial charge in [0.25, 0.3) is 0 Å². The van der Waals surface area contributed by atoms with E-state index >= 15 is 0 Å². The van der Waals surface area contributed by atoms with Gasteiger partial charge in [-0.3, -0.25) is 0 Å². The number of carbonyl (C=O) groups is 2. The molecule has 1 N–H and O–H groups in total. The lowest BCUT2D eigenvalue weighted by atomic mass is 9.99. The van der Waals surface area contributed by atoms with Crippen molar-refractivity contribution in [3.8, 4) is 6.07 Å². The zero-order valence-electron chi connectivity index (χ0n) is 15.7. The average Bonchev–Trinajstić information content (AvgIpc) is 2.61. The lowest BCUT2D eigenvalue weighted by Crippen LogP contribution is -2.43. The SMILES string of the molecule is CCOC(=O)C(N/C=C(\C#N)Cc1ccc(C(C)C)cc1)C(=O)OCC. The van der Waals surface area contributed by atoms with Crippen LogP contribution in [0.1, 0.15) is 44.7 Å². The third kappa shape index (κ3) is 6.60. The van der Waals surface area contributed by atoms with Crippen LogP contribution >= 0.6 is 0 Å². The Labute approximate surface area is 154 Å². The summed E-state index contributed by atoms with van der Waals surface area (Å²) in [5.41, 5.74) is 2.58. The molecule has 0 amide bonds. The van der Waals surface area contributed by atoms with Gasteiger partial charge in [0.1, 0.15) is 0 Å². The molecule has 6 nitrogen and oxygen atoms in total. The third-order valence-electron chi connectivity index (χ3n) is 3.65. The number of rotatable bonds is 9. The van der Waals surface area contributed by atoms with E-state index in [9.17, 15) is 14.9 Å². The first-order valence-corrected chi connectivity index (χ1v) is 8.70. The number of nitrogens with one attached hydrogen (secondary N) is 1. The number of allylic oxidation sites excluding steroid dienone is 1. The van der Waals surface area contributed by atoms with Crippen LogP contribution in [0.15, 0.2) is 36.0 Å². The number of hydrogen-bond donors (Lipinski definition) is 1. The summed E-state index contributed by atoms with van der Waals surface area (Å²) in [4.78, 5) is 23.8. The second-order valence-corrected chi connectivity index (χ2v) is 5.96. The van der Waals surface area contributed by atoms with Crippen molar-refractivity contribution in [1.29, 1.82) is 5.26 Å². The molecule has 1 rings (SSSR count). The minimum absolute atomic E-state index is 0.146. The first-order chi connectivity index (χ1) is 12.4. The summed E-state index contributed by atoms with van der Waals surface area (Å²) < 4.78 is 9.75. The molecule has 0 atom stereocenters. The van der Waals surface area contributed by atoms with Gasteiger partial charge < -0.3 is 14.8 Å². The van der Waals surface area contributed by atoms with Crippen LogP contribution in [0.25, 0.3) is 0 Å². The van der Waals surface area contributed by atoms with Gasteiger partial charge in [-0.1, -0.05) is 38.1 Å². The van der Waals surface area contributed by atoms with Crippen molar-refractivity contribution in [2.45, 2.75) is 46.1 Å². The lowest BCUT2D eigenvalue weighted by molar-refractivity contribution is -0.157. The van der Waals surface area contributed by atoms with E-state index in [1.807, 2.05) is 24.3 Å². The van der Waals surface area contributed by atoms with Gasteiger partial charge in [0, 0.05) is 18.2 Å². The van der Waals surface area contributed by atoms with Gasteiger partial charge >= 0.3 is 11.9 Å². The second kappa shape index (κ2) is 10.9. The van der Waals surface area contributed by atoms with Gasteiger partial charge in [-0.15, -0.1) is 0 Å². The molecule has 140 valence electrons. The molecule has 0 unspecified atom stereocenters. The summed E-state index contributed by atoms with van der Waals surface area (Å²) in [7, 11) is 0. The smallest absolute Gasteiger partial charge is 0.340 e. The topological polar surface area (TPSA) is 88.4 Å². The molecule has 0 spiro atoms. The van der Waals surface area contributed by atoms with Crippen molar-refractivity contribution < 1.29 is 19.1 Å². The predicted octanol–water partition coefficient (Wildman–Crippen LogP) is 2.84. The Morgan fingerprint density at radius 3 is 2.08 bits per heavy atom. The number of ether oxygens (including phenoxy) is 2. The predicted molar refractivity (Wildman–Crippen MR) is 98.1 cm³/mol. The van der Waals surface area contributed by atoms with Gasteiger partial charge in [-0.05, 0) is 30.9 Å². The van der Waals surface area contributed by atoms with Crippen molar-refractivity contribution in [3.63, 3.8) is 0 Å². The molecule has 0 aromatic heterocycles. The number of nitriles is 1. The van der Waals surface area contributed by atoms with Crippen LogP contribution in [0.5, 0.6) is 0 Å². The monoisotopic (exact) mass is 358 g/mol. The summed E-state index contributed by atoms with van der Waals surface area (Å²) in [5, 5.41) is 12.0. The molecule has 0 aliphatic rings. The minimum Gasteiger partial charge on any atom is -0.464 e. The zero-order valence-corrected chi connectivity index (χ0v) is 15.7. The minimum atomic E-state index is -1.29. The maximum Gasteiger partial charge on any atom is 0.340 e. The summed E-state index contributed by atoms with van der Waals surface area (Å²) in [6.07, 6.45) is 1.76. The summed E-state index contributed by atoms with van der Waals surface area (Å²) in [6.45, 7) is 7.82. The molecule has 0 saturated carbocycles. The number of hydrogen-bond acceptors (Lipinski definition) is 6. The number of benzene rings is 1. The average molecular weight is 358 g/mol. The Kier molecular flexibility index (Phi) is 8.93. The van der Waals surface area contributed by atoms with E-state index in [-0.39, 0.29) is 13.2 Å². The Morgan fingerprint density at radius 2 is 1.65 bits per heavy atom. The standard InChI is InChI=1S/C20H26N2O4/c1-5-25-19(23)18(20(24)26-6-2)22-13-16(12-21)11-15-7-9-17(10-8-15)14(3)4/h7-10,13-14,18,22H,5-6,11H2,1-4H3/b16-13-. The van der Waals surface area contributed by atoms with E-state index in [0.29, 0.717) is 17.9 Å². The number of esters is 2. The van der Waals surface area contributed by atoms with E-state index in [0.717, 1.165) is 5.56 Å². The molecule has 6 heteroatoms. The van der Waals surface area contributed by atoms with Crippen molar-refractivity contribution in [3.05, 3.63) is 47.2 Å². The van der Waals surface area contributed by atoms with E-state index in [1.165, 1.54) is 11.8 Å². The molecule has 0 aliphatic carbocycles. The van der Waals surface area contributed by atoms with Crippen LogP contribution in [0.2, 0.25) is 0 Å². The highest BCUT2D eigenvalue weighted by atomic mass is 16.6. The third-order valence-corrected chi connectivity index (χ3v) is 3.65. The maximum absolute atomic E-state index is 11.9. The van der Waals surface area contributed by atoms with E-state index in [2.05, 4.69) is 25.2 Å². The van der Waals surface area contributed by atoms with E-state index in [4.69, 9.17) is 9.47 Å². The van der Waals surface area contributed by atoms with Gasteiger partial charge in [-0.2, -0.15) is 5.26 Å². The van der Waals surface area contributed by atoms with Crippen LogP contribution in [-0.4, -0.2) is 31.2 Å². The number of nitrogens with zero attached hydrogens (tertiary/aromatic N) is 1. The molecule has 0 radical (unpaired) electrons. The molecule has 26 heavy (non-hydrogen) atoms. The largest absolute Gasteiger partial charge is 0.464 e. The highest BCUT2D eigenvalue weighted by Gasteiger charge is 2.28. The van der Waals surface area contributed by atoms with Crippen LogP contribution in [0.3, 0.4) is 0 Å². The van der Waals surface area contributed by atoms with Gasteiger partial charge in [0.05, 0.1) is 19.3 Å². The molecular formula is C20H26N2O4. The quantitative estimate of drug-likeness (QED) is 0.415. The normalized spacial score (nSPS) is 11.2. The van der Waals surface area contributed by atoms with Crippen molar-refractivity contribution in [2.75, 3.05) is 13.2 Å². The highest BCUT2D eigenvalue weighted by molar-refractivity contribution is 5.99.